The van der Waals surface area contributed by atoms with E-state index in [2.05, 4.69) is 5.32 Å². The zero-order chi connectivity index (χ0) is 13.5. The van der Waals surface area contributed by atoms with Crippen molar-refractivity contribution in [2.45, 2.75) is 44.2 Å². The molecule has 0 unspecified atom stereocenters. The molecule has 1 fully saturated rings. The minimum absolute atomic E-state index is 0.264. The van der Waals surface area contributed by atoms with E-state index >= 15 is 0 Å². The molecule has 2 amide bonds. The van der Waals surface area contributed by atoms with Crippen LogP contribution in [0.3, 0.4) is 0 Å². The van der Waals surface area contributed by atoms with Gasteiger partial charge in [0.15, 0.2) is 0 Å². The van der Waals surface area contributed by atoms with E-state index in [9.17, 15) is 9.59 Å². The smallest absolute Gasteiger partial charge is 0.326 e. The van der Waals surface area contributed by atoms with Gasteiger partial charge in [-0.05, 0) is 31.3 Å². The fraction of sp³-hybridized carbons (Fsp3) is 0.833. The first kappa shape index (κ1) is 15.1. The molecule has 104 valence electrons. The monoisotopic (exact) mass is 274 g/mol. The quantitative estimate of drug-likeness (QED) is 0.774. The average Bonchev–Trinajstić information content (AvgIpc) is 2.86. The first-order chi connectivity index (χ1) is 8.56. The molecule has 0 aliphatic heterocycles. The zero-order valence-corrected chi connectivity index (χ0v) is 11.8. The summed E-state index contributed by atoms with van der Waals surface area (Å²) in [5.74, 6) is -0.234. The number of nitrogens with zero attached hydrogens (tertiary/aromatic N) is 1. The summed E-state index contributed by atoms with van der Waals surface area (Å²) in [4.78, 5) is 24.6. The van der Waals surface area contributed by atoms with Crippen LogP contribution in [0.5, 0.6) is 0 Å². The van der Waals surface area contributed by atoms with E-state index in [0.717, 1.165) is 31.4 Å². The topological polar surface area (TPSA) is 69.6 Å². The van der Waals surface area contributed by atoms with Crippen molar-refractivity contribution in [1.29, 1.82) is 0 Å². The lowest BCUT2D eigenvalue weighted by Crippen LogP contribution is -2.49. The molecule has 0 bridgehead atoms. The van der Waals surface area contributed by atoms with E-state index in [1.165, 1.54) is 0 Å². The highest BCUT2D eigenvalue weighted by Crippen LogP contribution is 2.22. The van der Waals surface area contributed by atoms with Crippen LogP contribution in [0.25, 0.3) is 0 Å². The lowest BCUT2D eigenvalue weighted by Gasteiger charge is -2.26. The SMILES string of the molecule is CSCC[C@@H](NC(=O)N(C)C1CCCC1)C(=O)O. The van der Waals surface area contributed by atoms with Crippen molar-refractivity contribution in [3.63, 3.8) is 0 Å². The highest BCUT2D eigenvalue weighted by molar-refractivity contribution is 7.98. The Morgan fingerprint density at radius 1 is 1.44 bits per heavy atom. The molecule has 5 nitrogen and oxygen atoms in total. The lowest BCUT2D eigenvalue weighted by molar-refractivity contribution is -0.139. The van der Waals surface area contributed by atoms with E-state index in [-0.39, 0.29) is 12.1 Å². The van der Waals surface area contributed by atoms with Gasteiger partial charge in [-0.3, -0.25) is 0 Å². The van der Waals surface area contributed by atoms with Gasteiger partial charge >= 0.3 is 12.0 Å². The number of hydrogen-bond donors (Lipinski definition) is 2. The lowest BCUT2D eigenvalue weighted by atomic mass is 10.2. The minimum atomic E-state index is -0.961. The summed E-state index contributed by atoms with van der Waals surface area (Å²) in [6.45, 7) is 0. The molecule has 18 heavy (non-hydrogen) atoms. The van der Waals surface area contributed by atoms with Crippen molar-refractivity contribution in [3.8, 4) is 0 Å². The third-order valence-corrected chi connectivity index (χ3v) is 4.04. The van der Waals surface area contributed by atoms with Crippen molar-refractivity contribution in [2.75, 3.05) is 19.1 Å². The van der Waals surface area contributed by atoms with Crippen LogP contribution in [0.1, 0.15) is 32.1 Å². The van der Waals surface area contributed by atoms with Crippen LogP contribution >= 0.6 is 11.8 Å². The Balaban J connectivity index is 2.46. The third kappa shape index (κ3) is 4.40. The Morgan fingerprint density at radius 2 is 2.06 bits per heavy atom. The molecule has 1 rings (SSSR count). The number of hydrogen-bond acceptors (Lipinski definition) is 3. The molecule has 1 aliphatic rings. The Morgan fingerprint density at radius 3 is 2.56 bits per heavy atom. The molecule has 1 saturated carbocycles. The largest absolute Gasteiger partial charge is 0.480 e. The summed E-state index contributed by atoms with van der Waals surface area (Å²) >= 11 is 1.58. The zero-order valence-electron chi connectivity index (χ0n) is 11.0. The predicted octanol–water partition coefficient (Wildman–Crippen LogP) is 1.78. The van der Waals surface area contributed by atoms with Crippen molar-refractivity contribution >= 4 is 23.8 Å². The maximum absolute atomic E-state index is 12.0. The van der Waals surface area contributed by atoms with Crippen molar-refractivity contribution < 1.29 is 14.7 Å². The van der Waals surface area contributed by atoms with Gasteiger partial charge in [-0.2, -0.15) is 11.8 Å². The normalized spacial score (nSPS) is 17.4. The summed E-state index contributed by atoms with van der Waals surface area (Å²) in [5.41, 5.74) is 0. The maximum atomic E-state index is 12.0. The summed E-state index contributed by atoms with van der Waals surface area (Å²) in [7, 11) is 1.75. The average molecular weight is 274 g/mol. The summed E-state index contributed by atoms with van der Waals surface area (Å²) in [6.07, 6.45) is 6.72. The molecular formula is C12H22N2O3S. The molecule has 0 saturated heterocycles. The van der Waals surface area contributed by atoms with Crippen LogP contribution in [0.15, 0.2) is 0 Å². The molecule has 0 aromatic carbocycles. The number of rotatable bonds is 6. The standard InChI is InChI=1S/C12H22N2O3S/c1-14(9-5-3-4-6-9)12(17)13-10(11(15)16)7-8-18-2/h9-10H,3-8H2,1-2H3,(H,13,17)(H,15,16)/t10-/m1/s1. The van der Waals surface area contributed by atoms with Crippen LogP contribution in [-0.2, 0) is 4.79 Å². The fourth-order valence-electron chi connectivity index (χ4n) is 2.20. The van der Waals surface area contributed by atoms with Crippen LogP contribution in [0.4, 0.5) is 4.79 Å². The number of amides is 2. The fourth-order valence-corrected chi connectivity index (χ4v) is 2.67. The molecular weight excluding hydrogens is 252 g/mol. The van der Waals surface area contributed by atoms with Gasteiger partial charge in [0.25, 0.3) is 0 Å². The van der Waals surface area contributed by atoms with Crippen LogP contribution in [0.2, 0.25) is 0 Å². The molecule has 0 aromatic rings. The number of carboxylic acids is 1. The third-order valence-electron chi connectivity index (χ3n) is 3.40. The summed E-state index contributed by atoms with van der Waals surface area (Å²) in [5, 5.41) is 11.7. The van der Waals surface area contributed by atoms with Gasteiger partial charge < -0.3 is 15.3 Å². The second-order valence-corrected chi connectivity index (χ2v) is 5.66. The number of carbonyl (C=O) groups excluding carboxylic acids is 1. The molecule has 2 N–H and O–H groups in total. The van der Waals surface area contributed by atoms with Gasteiger partial charge in [-0.15, -0.1) is 0 Å². The Hall–Kier alpha value is -0.910. The number of thioether (sulfide) groups is 1. The molecule has 0 spiro atoms. The van der Waals surface area contributed by atoms with E-state index in [0.29, 0.717) is 6.42 Å². The summed E-state index contributed by atoms with van der Waals surface area (Å²) in [6, 6.07) is -0.788. The highest BCUT2D eigenvalue weighted by Gasteiger charge is 2.26. The van der Waals surface area contributed by atoms with Crippen LogP contribution in [-0.4, -0.2) is 53.1 Å². The Kier molecular flexibility index (Phi) is 6.32. The van der Waals surface area contributed by atoms with Gasteiger partial charge in [0.2, 0.25) is 0 Å². The van der Waals surface area contributed by atoms with Crippen molar-refractivity contribution in [1.82, 2.24) is 10.2 Å². The Bertz CT molecular complexity index is 293. The molecule has 0 heterocycles. The van der Waals surface area contributed by atoms with E-state index in [1.54, 1.807) is 23.7 Å². The second-order valence-electron chi connectivity index (χ2n) is 4.67. The molecule has 0 radical (unpaired) electrons. The predicted molar refractivity (Wildman–Crippen MR) is 73.0 cm³/mol. The molecule has 1 aliphatic carbocycles. The first-order valence-corrected chi connectivity index (χ1v) is 7.70. The molecule has 6 heteroatoms. The maximum Gasteiger partial charge on any atom is 0.326 e. The minimum Gasteiger partial charge on any atom is -0.480 e. The first-order valence-electron chi connectivity index (χ1n) is 6.31. The van der Waals surface area contributed by atoms with Gasteiger partial charge in [0, 0.05) is 13.1 Å². The number of nitrogens with one attached hydrogen (secondary N) is 1. The Labute approximate surface area is 112 Å². The number of aliphatic carboxylic acids is 1. The van der Waals surface area contributed by atoms with Gasteiger partial charge in [0.1, 0.15) is 6.04 Å². The van der Waals surface area contributed by atoms with Gasteiger partial charge in [0.05, 0.1) is 0 Å². The number of carboxylic acid groups (broad SMARTS) is 1. The number of carbonyl (C=O) groups is 2. The second kappa shape index (κ2) is 7.51. The molecule has 1 atom stereocenters. The molecule has 0 aromatic heterocycles. The van der Waals surface area contributed by atoms with Crippen LogP contribution in [0, 0.1) is 0 Å². The van der Waals surface area contributed by atoms with Crippen molar-refractivity contribution in [2.24, 2.45) is 0 Å². The summed E-state index contributed by atoms with van der Waals surface area (Å²) < 4.78 is 0. The van der Waals surface area contributed by atoms with Gasteiger partial charge in [-0.25, -0.2) is 9.59 Å². The van der Waals surface area contributed by atoms with E-state index < -0.39 is 12.0 Å². The number of urea groups is 1. The van der Waals surface area contributed by atoms with Gasteiger partial charge in [-0.1, -0.05) is 12.8 Å². The van der Waals surface area contributed by atoms with E-state index in [1.807, 2.05) is 6.26 Å². The highest BCUT2D eigenvalue weighted by atomic mass is 32.2. The van der Waals surface area contributed by atoms with E-state index in [4.69, 9.17) is 5.11 Å². The van der Waals surface area contributed by atoms with Crippen LogP contribution < -0.4 is 5.32 Å². The van der Waals surface area contributed by atoms with Crippen molar-refractivity contribution in [3.05, 3.63) is 0 Å².